The smallest absolute Gasteiger partial charge is 0.242 e. The topological polar surface area (TPSA) is 65.5 Å². The number of hydrogen-bond donors (Lipinski definition) is 3. The highest BCUT2D eigenvalue weighted by molar-refractivity contribution is 14.0. The first-order chi connectivity index (χ1) is 7.61. The Morgan fingerprint density at radius 2 is 2.06 bits per heavy atom. The summed E-state index contributed by atoms with van der Waals surface area (Å²) >= 11 is 0. The minimum Gasteiger partial charge on any atom is -0.357 e. The normalized spacial score (nSPS) is 15.2. The fourth-order valence-electron chi connectivity index (χ4n) is 1.25. The van der Waals surface area contributed by atoms with Crippen molar-refractivity contribution >= 4 is 35.8 Å². The zero-order valence-corrected chi connectivity index (χ0v) is 13.1. The van der Waals surface area contributed by atoms with Gasteiger partial charge in [0.15, 0.2) is 5.96 Å². The highest BCUT2D eigenvalue weighted by Crippen LogP contribution is 2.18. The predicted molar refractivity (Wildman–Crippen MR) is 80.8 cm³/mol. The average molecular weight is 354 g/mol. The van der Waals surface area contributed by atoms with Crippen LogP contribution in [0.3, 0.4) is 0 Å². The van der Waals surface area contributed by atoms with Crippen molar-refractivity contribution in [3.8, 4) is 0 Å². The quantitative estimate of drug-likeness (QED) is 0.390. The molecule has 1 aliphatic rings. The summed E-state index contributed by atoms with van der Waals surface area (Å²) in [6, 6.07) is 0.715. The lowest BCUT2D eigenvalue weighted by Crippen LogP contribution is -2.41. The van der Waals surface area contributed by atoms with E-state index in [-0.39, 0.29) is 36.4 Å². The molecule has 0 unspecified atom stereocenters. The van der Waals surface area contributed by atoms with Gasteiger partial charge in [-0.05, 0) is 33.6 Å². The fraction of sp³-hybridized carbons (Fsp3) is 0.818. The lowest BCUT2D eigenvalue weighted by Gasteiger charge is -2.13. The molecule has 0 aromatic heterocycles. The van der Waals surface area contributed by atoms with Crippen LogP contribution in [0.4, 0.5) is 0 Å². The highest BCUT2D eigenvalue weighted by atomic mass is 127. The van der Waals surface area contributed by atoms with Crippen LogP contribution in [-0.2, 0) is 4.79 Å². The molecule has 0 bridgehead atoms. The molecule has 1 amide bonds. The maximum absolute atomic E-state index is 11.4. The predicted octanol–water partition coefficient (Wildman–Crippen LogP) is 0.846. The lowest BCUT2D eigenvalue weighted by atomic mass is 10.4. The molecule has 3 N–H and O–H groups in total. The van der Waals surface area contributed by atoms with Crippen molar-refractivity contribution in [2.75, 3.05) is 13.1 Å². The summed E-state index contributed by atoms with van der Waals surface area (Å²) in [5, 5.41) is 9.16. The third-order valence-corrected chi connectivity index (χ3v) is 2.09. The number of carbonyl (C=O) groups is 1. The first-order valence-corrected chi connectivity index (χ1v) is 5.96. The number of nitrogens with one attached hydrogen (secondary N) is 3. The third kappa shape index (κ3) is 8.23. The van der Waals surface area contributed by atoms with E-state index in [0.717, 1.165) is 19.4 Å². The van der Waals surface area contributed by atoms with Crippen LogP contribution >= 0.6 is 24.0 Å². The molecule has 0 aromatic rings. The molecule has 1 aliphatic carbocycles. The van der Waals surface area contributed by atoms with E-state index in [0.29, 0.717) is 18.0 Å². The van der Waals surface area contributed by atoms with E-state index in [4.69, 9.17) is 0 Å². The van der Waals surface area contributed by atoms with E-state index in [1.807, 2.05) is 20.8 Å². The van der Waals surface area contributed by atoms with Gasteiger partial charge < -0.3 is 16.0 Å². The van der Waals surface area contributed by atoms with Gasteiger partial charge in [-0.15, -0.1) is 24.0 Å². The Labute approximate surface area is 120 Å². The first-order valence-electron chi connectivity index (χ1n) is 5.96. The molecule has 1 saturated carbocycles. The summed E-state index contributed by atoms with van der Waals surface area (Å²) in [6.45, 7) is 7.07. The van der Waals surface area contributed by atoms with E-state index >= 15 is 0 Å². The summed E-state index contributed by atoms with van der Waals surface area (Å²) in [6.07, 6.45) is 2.22. The van der Waals surface area contributed by atoms with Gasteiger partial charge in [0.25, 0.3) is 0 Å². The zero-order valence-electron chi connectivity index (χ0n) is 10.7. The number of nitrogens with zero attached hydrogens (tertiary/aromatic N) is 1. The Kier molecular flexibility index (Phi) is 8.28. The van der Waals surface area contributed by atoms with Crippen LogP contribution in [0.1, 0.15) is 33.6 Å². The van der Waals surface area contributed by atoms with E-state index in [2.05, 4.69) is 20.9 Å². The zero-order chi connectivity index (χ0) is 12.0. The third-order valence-electron chi connectivity index (χ3n) is 2.09. The van der Waals surface area contributed by atoms with Crippen LogP contribution in [0.25, 0.3) is 0 Å². The first kappa shape index (κ1) is 16.5. The van der Waals surface area contributed by atoms with Crippen molar-refractivity contribution in [2.45, 2.75) is 45.7 Å². The number of guanidine groups is 1. The van der Waals surface area contributed by atoms with Crippen molar-refractivity contribution in [3.05, 3.63) is 0 Å². The minimum absolute atomic E-state index is 0. The Balaban J connectivity index is 0.00000256. The Bertz CT molecular complexity index is 264. The van der Waals surface area contributed by atoms with Crippen LogP contribution in [0.2, 0.25) is 0 Å². The molecule has 0 heterocycles. The Hall–Kier alpha value is -0.530. The summed E-state index contributed by atoms with van der Waals surface area (Å²) in [4.78, 5) is 15.6. The van der Waals surface area contributed by atoms with Gasteiger partial charge in [0.1, 0.15) is 6.54 Å². The molecular weight excluding hydrogens is 331 g/mol. The number of amides is 1. The minimum atomic E-state index is 0. The number of halogens is 1. The van der Waals surface area contributed by atoms with Gasteiger partial charge in [0, 0.05) is 18.6 Å². The maximum Gasteiger partial charge on any atom is 0.242 e. The van der Waals surface area contributed by atoms with Gasteiger partial charge in [0.05, 0.1) is 0 Å². The second-order valence-corrected chi connectivity index (χ2v) is 4.34. The van der Waals surface area contributed by atoms with Crippen LogP contribution in [0.15, 0.2) is 4.99 Å². The molecule has 6 heteroatoms. The molecule has 0 aliphatic heterocycles. The van der Waals surface area contributed by atoms with Crippen molar-refractivity contribution < 1.29 is 4.79 Å². The molecule has 0 spiro atoms. The SMILES string of the molecule is CCNC(=NCC(=O)NC1CC1)NC(C)C.I. The molecular formula is C11H23IN4O. The van der Waals surface area contributed by atoms with Crippen LogP contribution in [0, 0.1) is 0 Å². The molecule has 0 atom stereocenters. The number of hydrogen-bond acceptors (Lipinski definition) is 2. The van der Waals surface area contributed by atoms with E-state index in [1.54, 1.807) is 0 Å². The molecule has 1 rings (SSSR count). The molecule has 5 nitrogen and oxygen atoms in total. The summed E-state index contributed by atoms with van der Waals surface area (Å²) in [5.41, 5.74) is 0. The van der Waals surface area contributed by atoms with Gasteiger partial charge in [-0.1, -0.05) is 0 Å². The number of carbonyl (C=O) groups excluding carboxylic acids is 1. The molecule has 0 saturated heterocycles. The molecule has 17 heavy (non-hydrogen) atoms. The van der Waals surface area contributed by atoms with Crippen LogP contribution < -0.4 is 16.0 Å². The van der Waals surface area contributed by atoms with Crippen molar-refractivity contribution in [1.82, 2.24) is 16.0 Å². The van der Waals surface area contributed by atoms with Gasteiger partial charge in [0.2, 0.25) is 5.91 Å². The van der Waals surface area contributed by atoms with Crippen molar-refractivity contribution in [1.29, 1.82) is 0 Å². The fourth-order valence-corrected chi connectivity index (χ4v) is 1.25. The van der Waals surface area contributed by atoms with Crippen molar-refractivity contribution in [2.24, 2.45) is 4.99 Å². The largest absolute Gasteiger partial charge is 0.357 e. The molecule has 0 aromatic carbocycles. The van der Waals surface area contributed by atoms with E-state index in [1.165, 1.54) is 0 Å². The summed E-state index contributed by atoms with van der Waals surface area (Å²) in [7, 11) is 0. The average Bonchev–Trinajstić information content (AvgIpc) is 2.97. The molecule has 1 fully saturated rings. The van der Waals surface area contributed by atoms with E-state index < -0.39 is 0 Å². The highest BCUT2D eigenvalue weighted by Gasteiger charge is 2.22. The van der Waals surface area contributed by atoms with Gasteiger partial charge in [-0.3, -0.25) is 4.79 Å². The molecule has 100 valence electrons. The second-order valence-electron chi connectivity index (χ2n) is 4.34. The van der Waals surface area contributed by atoms with Gasteiger partial charge in [-0.2, -0.15) is 0 Å². The monoisotopic (exact) mass is 354 g/mol. The molecule has 0 radical (unpaired) electrons. The van der Waals surface area contributed by atoms with Gasteiger partial charge >= 0.3 is 0 Å². The summed E-state index contributed by atoms with van der Waals surface area (Å²) < 4.78 is 0. The Morgan fingerprint density at radius 1 is 1.41 bits per heavy atom. The van der Waals surface area contributed by atoms with Crippen molar-refractivity contribution in [3.63, 3.8) is 0 Å². The standard InChI is InChI=1S/C11H22N4O.HI/c1-4-12-11(14-8(2)3)13-7-10(16)15-9-5-6-9;/h8-9H,4-7H2,1-3H3,(H,15,16)(H2,12,13,14);1H. The Morgan fingerprint density at radius 3 is 2.53 bits per heavy atom. The second kappa shape index (κ2) is 8.54. The number of rotatable bonds is 5. The van der Waals surface area contributed by atoms with Crippen LogP contribution in [-0.4, -0.2) is 37.0 Å². The maximum atomic E-state index is 11.4. The summed E-state index contributed by atoms with van der Waals surface area (Å²) in [5.74, 6) is 0.701. The lowest BCUT2D eigenvalue weighted by molar-refractivity contribution is -0.119. The number of aliphatic imine (C=N–C) groups is 1. The van der Waals surface area contributed by atoms with Crippen LogP contribution in [0.5, 0.6) is 0 Å². The van der Waals surface area contributed by atoms with E-state index in [9.17, 15) is 4.79 Å². The van der Waals surface area contributed by atoms with Gasteiger partial charge in [-0.25, -0.2) is 4.99 Å².